The lowest BCUT2D eigenvalue weighted by Crippen LogP contribution is -2.19. The SMILES string of the molecule is CCc1ccsc1CNC(C)c1c(C)nn(C)c1C. The van der Waals surface area contributed by atoms with Crippen molar-refractivity contribution in [1.82, 2.24) is 15.1 Å². The van der Waals surface area contributed by atoms with E-state index in [1.54, 1.807) is 0 Å². The average Bonchev–Trinajstić information content (AvgIpc) is 2.92. The van der Waals surface area contributed by atoms with Gasteiger partial charge in [0.1, 0.15) is 0 Å². The van der Waals surface area contributed by atoms with Gasteiger partial charge in [0.2, 0.25) is 0 Å². The van der Waals surface area contributed by atoms with E-state index in [0.717, 1.165) is 18.7 Å². The third kappa shape index (κ3) is 2.90. The fourth-order valence-electron chi connectivity index (χ4n) is 2.60. The summed E-state index contributed by atoms with van der Waals surface area (Å²) in [6.45, 7) is 9.59. The number of hydrogen-bond acceptors (Lipinski definition) is 3. The summed E-state index contributed by atoms with van der Waals surface area (Å²) in [5, 5.41) is 10.3. The van der Waals surface area contributed by atoms with Crippen molar-refractivity contribution in [3.05, 3.63) is 38.8 Å². The van der Waals surface area contributed by atoms with E-state index in [-0.39, 0.29) is 0 Å². The van der Waals surface area contributed by atoms with Gasteiger partial charge in [-0.25, -0.2) is 0 Å². The molecular weight excluding hydrogens is 254 g/mol. The van der Waals surface area contributed by atoms with Gasteiger partial charge in [0.25, 0.3) is 0 Å². The molecule has 0 radical (unpaired) electrons. The molecule has 104 valence electrons. The highest BCUT2D eigenvalue weighted by Gasteiger charge is 2.16. The Kier molecular flexibility index (Phi) is 4.42. The molecular formula is C15H23N3S. The third-order valence-electron chi connectivity index (χ3n) is 3.79. The molecule has 1 atom stereocenters. The van der Waals surface area contributed by atoms with Gasteiger partial charge in [-0.05, 0) is 44.2 Å². The summed E-state index contributed by atoms with van der Waals surface area (Å²) in [5.74, 6) is 0. The molecule has 0 spiro atoms. The summed E-state index contributed by atoms with van der Waals surface area (Å²) in [7, 11) is 2.01. The molecule has 0 aliphatic heterocycles. The summed E-state index contributed by atoms with van der Waals surface area (Å²) in [4.78, 5) is 1.45. The minimum absolute atomic E-state index is 0.334. The zero-order valence-electron chi connectivity index (χ0n) is 12.4. The zero-order chi connectivity index (χ0) is 14.0. The number of rotatable bonds is 5. The predicted molar refractivity (Wildman–Crippen MR) is 81.6 cm³/mol. The van der Waals surface area contributed by atoms with Crippen molar-refractivity contribution in [2.45, 2.75) is 46.7 Å². The molecule has 0 fully saturated rings. The second kappa shape index (κ2) is 5.88. The number of nitrogens with zero attached hydrogens (tertiary/aromatic N) is 2. The van der Waals surface area contributed by atoms with E-state index in [0.29, 0.717) is 6.04 Å². The standard InChI is InChI=1S/C15H23N3S/c1-6-13-7-8-19-14(13)9-16-10(2)15-11(3)17-18(5)12(15)4/h7-8,10,16H,6,9H2,1-5H3. The Bertz CT molecular complexity index is 554. The van der Waals surface area contributed by atoms with Gasteiger partial charge in [-0.1, -0.05) is 6.92 Å². The number of thiophene rings is 1. The number of nitrogens with one attached hydrogen (secondary N) is 1. The predicted octanol–water partition coefficient (Wildman–Crippen LogP) is 3.51. The molecule has 1 unspecified atom stereocenters. The van der Waals surface area contributed by atoms with Crippen molar-refractivity contribution >= 4 is 11.3 Å². The van der Waals surface area contributed by atoms with Crippen molar-refractivity contribution in [1.29, 1.82) is 0 Å². The molecule has 0 bridgehead atoms. The van der Waals surface area contributed by atoms with Gasteiger partial charge in [-0.3, -0.25) is 4.68 Å². The maximum Gasteiger partial charge on any atom is 0.0644 e. The summed E-state index contributed by atoms with van der Waals surface area (Å²) in [6, 6.07) is 2.56. The summed E-state index contributed by atoms with van der Waals surface area (Å²) in [6.07, 6.45) is 1.11. The van der Waals surface area contributed by atoms with Crippen LogP contribution in [0.2, 0.25) is 0 Å². The van der Waals surface area contributed by atoms with Gasteiger partial charge in [-0.2, -0.15) is 5.10 Å². The van der Waals surface area contributed by atoms with E-state index >= 15 is 0 Å². The van der Waals surface area contributed by atoms with Crippen molar-refractivity contribution in [3.63, 3.8) is 0 Å². The van der Waals surface area contributed by atoms with Crippen molar-refractivity contribution in [2.75, 3.05) is 0 Å². The molecule has 0 aliphatic rings. The molecule has 19 heavy (non-hydrogen) atoms. The van der Waals surface area contributed by atoms with Crippen molar-refractivity contribution < 1.29 is 0 Å². The van der Waals surface area contributed by atoms with Crippen LogP contribution in [0.5, 0.6) is 0 Å². The molecule has 3 nitrogen and oxygen atoms in total. The molecule has 0 saturated heterocycles. The number of aromatic nitrogens is 2. The monoisotopic (exact) mass is 277 g/mol. The molecule has 1 N–H and O–H groups in total. The largest absolute Gasteiger partial charge is 0.305 e. The Morgan fingerprint density at radius 2 is 2.16 bits per heavy atom. The maximum atomic E-state index is 4.49. The molecule has 0 saturated carbocycles. The van der Waals surface area contributed by atoms with E-state index in [1.807, 2.05) is 23.1 Å². The molecule has 0 amide bonds. The second-order valence-electron chi connectivity index (χ2n) is 5.03. The van der Waals surface area contributed by atoms with E-state index in [9.17, 15) is 0 Å². The smallest absolute Gasteiger partial charge is 0.0644 e. The van der Waals surface area contributed by atoms with Crippen LogP contribution in [-0.2, 0) is 20.0 Å². The summed E-state index contributed by atoms with van der Waals surface area (Å²) < 4.78 is 1.96. The minimum Gasteiger partial charge on any atom is -0.305 e. The molecule has 0 aliphatic carbocycles. The summed E-state index contributed by atoms with van der Waals surface area (Å²) in [5.41, 5.74) is 5.17. The number of hydrogen-bond donors (Lipinski definition) is 1. The van der Waals surface area contributed by atoms with Crippen LogP contribution in [0.15, 0.2) is 11.4 Å². The van der Waals surface area contributed by atoms with Gasteiger partial charge in [0.15, 0.2) is 0 Å². The lowest BCUT2D eigenvalue weighted by atomic mass is 10.1. The Morgan fingerprint density at radius 1 is 1.42 bits per heavy atom. The van der Waals surface area contributed by atoms with Crippen LogP contribution in [-0.4, -0.2) is 9.78 Å². The molecule has 2 heterocycles. The van der Waals surface area contributed by atoms with Crippen LogP contribution >= 0.6 is 11.3 Å². The van der Waals surface area contributed by atoms with Gasteiger partial charge < -0.3 is 5.32 Å². The Morgan fingerprint density at radius 3 is 2.74 bits per heavy atom. The fourth-order valence-corrected chi connectivity index (χ4v) is 3.53. The fraction of sp³-hybridized carbons (Fsp3) is 0.533. The van der Waals surface area contributed by atoms with Crippen LogP contribution < -0.4 is 5.32 Å². The molecule has 2 aromatic heterocycles. The quantitative estimate of drug-likeness (QED) is 0.906. The van der Waals surface area contributed by atoms with E-state index in [1.165, 1.54) is 21.7 Å². The zero-order valence-corrected chi connectivity index (χ0v) is 13.3. The third-order valence-corrected chi connectivity index (χ3v) is 4.75. The normalized spacial score (nSPS) is 12.9. The highest BCUT2D eigenvalue weighted by molar-refractivity contribution is 7.10. The van der Waals surface area contributed by atoms with Crippen LogP contribution in [0.4, 0.5) is 0 Å². The molecule has 2 rings (SSSR count). The average molecular weight is 277 g/mol. The lowest BCUT2D eigenvalue weighted by molar-refractivity contribution is 0.571. The Labute approximate surface area is 119 Å². The minimum atomic E-state index is 0.334. The van der Waals surface area contributed by atoms with Crippen LogP contribution in [0.25, 0.3) is 0 Å². The molecule has 0 aromatic carbocycles. The highest BCUT2D eigenvalue weighted by atomic mass is 32.1. The van der Waals surface area contributed by atoms with Gasteiger partial charge in [0.05, 0.1) is 5.69 Å². The van der Waals surface area contributed by atoms with Gasteiger partial charge in [-0.15, -0.1) is 11.3 Å². The van der Waals surface area contributed by atoms with Crippen LogP contribution in [0.3, 0.4) is 0 Å². The van der Waals surface area contributed by atoms with Crippen molar-refractivity contribution in [2.24, 2.45) is 7.05 Å². The summed E-state index contributed by atoms with van der Waals surface area (Å²) >= 11 is 1.84. The van der Waals surface area contributed by atoms with Crippen LogP contribution in [0, 0.1) is 13.8 Å². The van der Waals surface area contributed by atoms with Crippen molar-refractivity contribution in [3.8, 4) is 0 Å². The van der Waals surface area contributed by atoms with Gasteiger partial charge in [0, 0.05) is 35.8 Å². The van der Waals surface area contributed by atoms with E-state index in [4.69, 9.17) is 0 Å². The Hall–Kier alpha value is -1.13. The van der Waals surface area contributed by atoms with Crippen LogP contribution in [0.1, 0.15) is 47.3 Å². The second-order valence-corrected chi connectivity index (χ2v) is 6.03. The first-order valence-corrected chi connectivity index (χ1v) is 7.71. The topological polar surface area (TPSA) is 29.9 Å². The Balaban J connectivity index is 2.07. The first-order chi connectivity index (χ1) is 9.04. The number of aryl methyl sites for hydroxylation is 3. The first kappa shape index (κ1) is 14.3. The van der Waals surface area contributed by atoms with E-state index in [2.05, 4.69) is 49.6 Å². The van der Waals surface area contributed by atoms with E-state index < -0.39 is 0 Å². The molecule has 2 aromatic rings. The molecule has 4 heteroatoms. The first-order valence-electron chi connectivity index (χ1n) is 6.83. The lowest BCUT2D eigenvalue weighted by Gasteiger charge is -2.15. The maximum absolute atomic E-state index is 4.49. The van der Waals surface area contributed by atoms with Gasteiger partial charge >= 0.3 is 0 Å². The highest BCUT2D eigenvalue weighted by Crippen LogP contribution is 2.23.